The number of amides is 3. The highest BCUT2D eigenvalue weighted by Gasteiger charge is 2.50. The number of para-hydroxylation sites is 2. The maximum atomic E-state index is 12.9. The molecule has 1 saturated heterocycles. The summed E-state index contributed by atoms with van der Waals surface area (Å²) < 4.78 is 1.88. The van der Waals surface area contributed by atoms with Crippen LogP contribution < -0.4 is 5.32 Å². The number of carbonyl (C=O) groups excluding carboxylic acids is 2. The fraction of sp³-hybridized carbons (Fsp3) is 0.235. The van der Waals surface area contributed by atoms with E-state index >= 15 is 0 Å². The second-order valence-electron chi connectivity index (χ2n) is 6.11. The number of benzene rings is 1. The Balaban J connectivity index is 1.68. The molecule has 0 aliphatic carbocycles. The quantitative estimate of drug-likeness (QED) is 0.728. The number of aromatic nitrogens is 4. The number of hydrogen-bond acceptors (Lipinski definition) is 5. The third-order valence-corrected chi connectivity index (χ3v) is 4.53. The third kappa shape index (κ3) is 2.25. The molecule has 126 valence electrons. The van der Waals surface area contributed by atoms with Gasteiger partial charge in [-0.05, 0) is 19.1 Å². The van der Waals surface area contributed by atoms with Gasteiger partial charge in [-0.2, -0.15) is 0 Å². The molecule has 1 aromatic carbocycles. The third-order valence-electron chi connectivity index (χ3n) is 4.53. The molecule has 3 amide bonds. The van der Waals surface area contributed by atoms with Crippen LogP contribution in [0.25, 0.3) is 11.0 Å². The van der Waals surface area contributed by atoms with E-state index in [0.717, 1.165) is 15.9 Å². The number of imide groups is 1. The molecule has 1 fully saturated rings. The van der Waals surface area contributed by atoms with Crippen LogP contribution in [0.15, 0.2) is 42.9 Å². The van der Waals surface area contributed by atoms with Crippen LogP contribution >= 0.6 is 0 Å². The molecule has 1 atom stereocenters. The Morgan fingerprint density at radius 1 is 1.20 bits per heavy atom. The lowest BCUT2D eigenvalue weighted by atomic mass is 9.98. The summed E-state index contributed by atoms with van der Waals surface area (Å²) in [7, 11) is 1.87. The number of imidazole rings is 1. The van der Waals surface area contributed by atoms with Crippen molar-refractivity contribution in [1.82, 2.24) is 29.7 Å². The van der Waals surface area contributed by atoms with E-state index in [1.54, 1.807) is 6.92 Å². The van der Waals surface area contributed by atoms with Crippen molar-refractivity contribution < 1.29 is 9.59 Å². The van der Waals surface area contributed by atoms with E-state index in [4.69, 9.17) is 0 Å². The normalized spacial score (nSPS) is 20.3. The van der Waals surface area contributed by atoms with Crippen molar-refractivity contribution in [2.45, 2.75) is 19.0 Å². The Bertz CT molecular complexity index is 983. The van der Waals surface area contributed by atoms with Crippen LogP contribution in [0.5, 0.6) is 0 Å². The first-order chi connectivity index (χ1) is 12.0. The first-order valence-electron chi connectivity index (χ1n) is 7.81. The fourth-order valence-corrected chi connectivity index (χ4v) is 3.05. The highest BCUT2D eigenvalue weighted by Crippen LogP contribution is 2.28. The first kappa shape index (κ1) is 15.3. The molecule has 1 N–H and O–H groups in total. The molecule has 0 saturated carbocycles. The van der Waals surface area contributed by atoms with E-state index in [1.807, 2.05) is 35.9 Å². The van der Waals surface area contributed by atoms with Crippen LogP contribution in [0.1, 0.15) is 18.4 Å². The second kappa shape index (κ2) is 5.37. The number of rotatable bonds is 3. The van der Waals surface area contributed by atoms with E-state index in [1.165, 1.54) is 18.6 Å². The van der Waals surface area contributed by atoms with Gasteiger partial charge in [0.2, 0.25) is 0 Å². The molecule has 0 radical (unpaired) electrons. The summed E-state index contributed by atoms with van der Waals surface area (Å²) in [5.74, 6) is 0.262. The van der Waals surface area contributed by atoms with E-state index in [2.05, 4.69) is 20.3 Å². The molecule has 25 heavy (non-hydrogen) atoms. The lowest BCUT2D eigenvalue weighted by molar-refractivity contribution is -0.131. The van der Waals surface area contributed by atoms with E-state index in [9.17, 15) is 9.59 Å². The van der Waals surface area contributed by atoms with Crippen LogP contribution in [0.3, 0.4) is 0 Å². The van der Waals surface area contributed by atoms with Gasteiger partial charge in [-0.15, -0.1) is 0 Å². The minimum absolute atomic E-state index is 0.0890. The average Bonchev–Trinajstić information content (AvgIpc) is 3.06. The van der Waals surface area contributed by atoms with E-state index in [-0.39, 0.29) is 12.5 Å². The molecule has 1 aliphatic heterocycles. The van der Waals surface area contributed by atoms with Gasteiger partial charge in [-0.1, -0.05) is 12.1 Å². The van der Waals surface area contributed by atoms with Crippen molar-refractivity contribution in [3.8, 4) is 0 Å². The van der Waals surface area contributed by atoms with Crippen LogP contribution in [0, 0.1) is 0 Å². The molecule has 1 unspecified atom stereocenters. The summed E-state index contributed by atoms with van der Waals surface area (Å²) in [6, 6.07) is 7.20. The number of urea groups is 1. The highest BCUT2D eigenvalue weighted by molar-refractivity contribution is 6.06. The average molecular weight is 336 g/mol. The molecule has 8 heteroatoms. The molecule has 3 aromatic rings. The van der Waals surface area contributed by atoms with E-state index < -0.39 is 11.6 Å². The lowest BCUT2D eigenvalue weighted by Gasteiger charge is -2.20. The van der Waals surface area contributed by atoms with Crippen molar-refractivity contribution in [3.63, 3.8) is 0 Å². The molecular weight excluding hydrogens is 320 g/mol. The van der Waals surface area contributed by atoms with Crippen molar-refractivity contribution >= 4 is 23.0 Å². The predicted octanol–water partition coefficient (Wildman–Crippen LogP) is 1.33. The molecule has 0 bridgehead atoms. The maximum Gasteiger partial charge on any atom is 0.325 e. The number of aryl methyl sites for hydroxylation is 1. The molecule has 3 heterocycles. The zero-order valence-corrected chi connectivity index (χ0v) is 13.8. The standard InChI is InChI=1S/C17H16N6O2/c1-17(13-9-18-7-8-19-13)15(24)23(16(25)21-17)10-14-20-11-5-3-4-6-12(11)22(14)2/h3-9H,10H2,1-2H3,(H,21,25). The zero-order valence-electron chi connectivity index (χ0n) is 13.8. The predicted molar refractivity (Wildman–Crippen MR) is 89.2 cm³/mol. The fourth-order valence-electron chi connectivity index (χ4n) is 3.05. The lowest BCUT2D eigenvalue weighted by Crippen LogP contribution is -2.41. The molecule has 8 nitrogen and oxygen atoms in total. The van der Waals surface area contributed by atoms with Gasteiger partial charge < -0.3 is 9.88 Å². The number of fused-ring (bicyclic) bond motifs is 1. The topological polar surface area (TPSA) is 93.0 Å². The van der Waals surface area contributed by atoms with Crippen molar-refractivity contribution in [3.05, 3.63) is 54.4 Å². The summed E-state index contributed by atoms with van der Waals surface area (Å²) in [6.07, 6.45) is 4.50. The summed E-state index contributed by atoms with van der Waals surface area (Å²) in [6.45, 7) is 1.72. The smallest absolute Gasteiger partial charge is 0.325 e. The van der Waals surface area contributed by atoms with E-state index in [0.29, 0.717) is 11.5 Å². The maximum absolute atomic E-state index is 12.9. The van der Waals surface area contributed by atoms with Crippen molar-refractivity contribution in [1.29, 1.82) is 0 Å². The first-order valence-corrected chi connectivity index (χ1v) is 7.81. The number of nitrogens with one attached hydrogen (secondary N) is 1. The summed E-state index contributed by atoms with van der Waals surface area (Å²) in [5, 5.41) is 2.72. The largest absolute Gasteiger partial charge is 0.330 e. The number of carbonyl (C=O) groups is 2. The van der Waals surface area contributed by atoms with Crippen LogP contribution in [-0.4, -0.2) is 36.4 Å². The Hall–Kier alpha value is -3.29. The molecule has 2 aromatic heterocycles. The molecule has 4 rings (SSSR count). The van der Waals surface area contributed by atoms with Gasteiger partial charge in [0.15, 0.2) is 5.54 Å². The van der Waals surface area contributed by atoms with Crippen molar-refractivity contribution in [2.75, 3.05) is 0 Å². The van der Waals surface area contributed by atoms with Gasteiger partial charge in [0, 0.05) is 19.4 Å². The Labute approximate surface area is 143 Å². The molecular formula is C17H16N6O2. The molecule has 0 spiro atoms. The molecule has 1 aliphatic rings. The second-order valence-corrected chi connectivity index (χ2v) is 6.11. The van der Waals surface area contributed by atoms with Gasteiger partial charge in [0.1, 0.15) is 5.82 Å². The Morgan fingerprint density at radius 3 is 2.72 bits per heavy atom. The van der Waals surface area contributed by atoms with Crippen LogP contribution in [0.2, 0.25) is 0 Å². The summed E-state index contributed by atoms with van der Waals surface area (Å²) in [4.78, 5) is 39.2. The zero-order chi connectivity index (χ0) is 17.6. The SMILES string of the molecule is Cn1c(CN2C(=O)NC(C)(c3cnccn3)C2=O)nc2ccccc21. The number of nitrogens with zero attached hydrogens (tertiary/aromatic N) is 5. The van der Waals surface area contributed by atoms with Gasteiger partial charge in [-0.25, -0.2) is 9.78 Å². The van der Waals surface area contributed by atoms with Gasteiger partial charge in [0.05, 0.1) is 29.5 Å². The summed E-state index contributed by atoms with van der Waals surface area (Å²) in [5.41, 5.74) is 0.946. The Morgan fingerprint density at radius 2 is 2.00 bits per heavy atom. The van der Waals surface area contributed by atoms with Gasteiger partial charge >= 0.3 is 6.03 Å². The number of hydrogen-bond donors (Lipinski definition) is 1. The minimum Gasteiger partial charge on any atom is -0.330 e. The van der Waals surface area contributed by atoms with Gasteiger partial charge in [0.25, 0.3) is 5.91 Å². The monoisotopic (exact) mass is 336 g/mol. The van der Waals surface area contributed by atoms with Crippen LogP contribution in [0.4, 0.5) is 4.79 Å². The minimum atomic E-state index is -1.23. The highest BCUT2D eigenvalue weighted by atomic mass is 16.2. The Kier molecular flexibility index (Phi) is 3.28. The van der Waals surface area contributed by atoms with Gasteiger partial charge in [-0.3, -0.25) is 19.7 Å². The summed E-state index contributed by atoms with van der Waals surface area (Å²) >= 11 is 0. The van der Waals surface area contributed by atoms with Crippen molar-refractivity contribution in [2.24, 2.45) is 7.05 Å². The van der Waals surface area contributed by atoms with Crippen LogP contribution in [-0.2, 0) is 23.9 Å².